The second kappa shape index (κ2) is 3.96. The van der Waals surface area contributed by atoms with Crippen LogP contribution in [0.2, 0.25) is 0 Å². The van der Waals surface area contributed by atoms with Crippen LogP contribution < -0.4 is 5.76 Å². The van der Waals surface area contributed by atoms with Crippen LogP contribution in [0, 0.1) is 0 Å². The van der Waals surface area contributed by atoms with E-state index in [9.17, 15) is 9.90 Å². The zero-order valence-corrected chi connectivity index (χ0v) is 9.21. The molecule has 0 radical (unpaired) electrons. The van der Waals surface area contributed by atoms with E-state index < -0.39 is 5.76 Å². The Morgan fingerprint density at radius 1 is 0.944 bits per heavy atom. The van der Waals surface area contributed by atoms with Gasteiger partial charge in [-0.25, -0.2) is 4.79 Å². The van der Waals surface area contributed by atoms with Crippen LogP contribution >= 0.6 is 0 Å². The van der Waals surface area contributed by atoms with Gasteiger partial charge in [-0.15, -0.1) is 0 Å². The Balaban J connectivity index is 2.05. The average Bonchev–Trinajstić information content (AvgIpc) is 2.97. The molecule has 0 saturated heterocycles. The van der Waals surface area contributed by atoms with Crippen molar-refractivity contribution in [1.82, 2.24) is 4.98 Å². The normalized spacial score (nSPS) is 10.7. The number of hydrogen-bond acceptors (Lipinski definition) is 4. The van der Waals surface area contributed by atoms with E-state index in [4.69, 9.17) is 8.83 Å². The maximum Gasteiger partial charge on any atom is 0.419 e. The third-order valence-corrected chi connectivity index (χ3v) is 2.52. The molecule has 0 aliphatic heterocycles. The van der Waals surface area contributed by atoms with E-state index in [0.29, 0.717) is 11.5 Å². The molecule has 3 aromatic rings. The Hall–Kier alpha value is -2.69. The van der Waals surface area contributed by atoms with Gasteiger partial charge in [0.2, 0.25) is 11.6 Å². The maximum atomic E-state index is 10.9. The fraction of sp³-hybridized carbons (Fsp3) is 0. The number of oxazole rings is 1. The van der Waals surface area contributed by atoms with Crippen LogP contribution in [-0.4, -0.2) is 10.1 Å². The molecule has 3 rings (SSSR count). The van der Waals surface area contributed by atoms with Crippen LogP contribution in [0.3, 0.4) is 0 Å². The molecule has 0 fully saturated rings. The van der Waals surface area contributed by atoms with Gasteiger partial charge in [0.15, 0.2) is 5.76 Å². The lowest BCUT2D eigenvalue weighted by molar-refractivity contribution is 0.445. The molecular formula is C13H9NO4. The Labute approximate surface area is 101 Å². The smallest absolute Gasteiger partial charge is 0.419 e. The number of aromatic hydroxyl groups is 1. The van der Waals surface area contributed by atoms with Crippen molar-refractivity contribution in [2.24, 2.45) is 0 Å². The lowest BCUT2D eigenvalue weighted by atomic mass is 10.2. The zero-order chi connectivity index (χ0) is 12.5. The summed E-state index contributed by atoms with van der Waals surface area (Å²) < 4.78 is 10.3. The van der Waals surface area contributed by atoms with Crippen molar-refractivity contribution >= 4 is 0 Å². The predicted molar refractivity (Wildman–Crippen MR) is 64.1 cm³/mol. The molecule has 0 atom stereocenters. The zero-order valence-electron chi connectivity index (χ0n) is 9.21. The van der Waals surface area contributed by atoms with E-state index in [-0.39, 0.29) is 11.6 Å². The van der Waals surface area contributed by atoms with Gasteiger partial charge in [0.1, 0.15) is 5.76 Å². The maximum absolute atomic E-state index is 10.9. The topological polar surface area (TPSA) is 79.4 Å². The molecule has 1 aromatic carbocycles. The molecule has 0 aliphatic carbocycles. The van der Waals surface area contributed by atoms with Crippen molar-refractivity contribution in [3.05, 3.63) is 53.0 Å². The van der Waals surface area contributed by atoms with Gasteiger partial charge < -0.3 is 13.9 Å². The Kier molecular flexibility index (Phi) is 2.30. The lowest BCUT2D eigenvalue weighted by Crippen LogP contribution is -1.92. The minimum Gasteiger partial charge on any atom is -0.492 e. The van der Waals surface area contributed by atoms with Gasteiger partial charge >= 0.3 is 5.76 Å². The number of hydrogen-bond donors (Lipinski definition) is 2. The van der Waals surface area contributed by atoms with E-state index in [1.54, 1.807) is 12.1 Å². The number of aromatic amines is 1. The van der Waals surface area contributed by atoms with E-state index in [2.05, 4.69) is 4.98 Å². The summed E-state index contributed by atoms with van der Waals surface area (Å²) in [6.45, 7) is 0. The first-order chi connectivity index (χ1) is 8.74. The van der Waals surface area contributed by atoms with Crippen LogP contribution in [0.1, 0.15) is 0 Å². The van der Waals surface area contributed by atoms with Gasteiger partial charge in [0.25, 0.3) is 0 Å². The quantitative estimate of drug-likeness (QED) is 0.725. The third kappa shape index (κ3) is 1.71. The molecule has 18 heavy (non-hydrogen) atoms. The van der Waals surface area contributed by atoms with Crippen molar-refractivity contribution in [3.63, 3.8) is 0 Å². The number of rotatable bonds is 2. The van der Waals surface area contributed by atoms with Crippen molar-refractivity contribution < 1.29 is 13.9 Å². The Bertz CT molecular complexity index is 721. The number of nitrogens with one attached hydrogen (secondary N) is 1. The fourth-order valence-electron chi connectivity index (χ4n) is 1.70. The molecule has 0 amide bonds. The van der Waals surface area contributed by atoms with Crippen molar-refractivity contribution in [3.8, 4) is 28.7 Å². The van der Waals surface area contributed by atoms with Gasteiger partial charge in [-0.3, -0.25) is 4.98 Å². The average molecular weight is 243 g/mol. The van der Waals surface area contributed by atoms with Crippen molar-refractivity contribution in [2.75, 3.05) is 0 Å². The summed E-state index contributed by atoms with van der Waals surface area (Å²) in [5, 5.41) is 9.46. The molecular weight excluding hydrogens is 234 g/mol. The minimum absolute atomic E-state index is 0.00202. The lowest BCUT2D eigenvalue weighted by Gasteiger charge is -1.95. The van der Waals surface area contributed by atoms with Crippen LogP contribution in [0.4, 0.5) is 0 Å². The highest BCUT2D eigenvalue weighted by molar-refractivity contribution is 5.63. The predicted octanol–water partition coefficient (Wildman–Crippen LogP) is 2.60. The van der Waals surface area contributed by atoms with Crippen LogP contribution in [0.5, 0.6) is 5.88 Å². The van der Waals surface area contributed by atoms with E-state index in [1.807, 2.05) is 30.3 Å². The highest BCUT2D eigenvalue weighted by atomic mass is 16.4. The molecule has 5 nitrogen and oxygen atoms in total. The summed E-state index contributed by atoms with van der Waals surface area (Å²) in [7, 11) is 0. The van der Waals surface area contributed by atoms with Gasteiger partial charge in [-0.1, -0.05) is 30.3 Å². The highest BCUT2D eigenvalue weighted by Crippen LogP contribution is 2.31. The second-order valence-corrected chi connectivity index (χ2v) is 3.72. The summed E-state index contributed by atoms with van der Waals surface area (Å²) in [5.74, 6) is -0.130. The number of H-pyrrole nitrogens is 1. The largest absolute Gasteiger partial charge is 0.492 e. The standard InChI is InChI=1S/C13H9NO4/c15-12-11(18-13(16)14-12)10-7-6-9(17-10)8-4-2-1-3-5-8/h1-7,15H,(H,14,16). The SMILES string of the molecule is O=c1[nH]c(O)c(-c2ccc(-c3ccccc3)o2)o1. The van der Waals surface area contributed by atoms with Gasteiger partial charge in [0, 0.05) is 5.56 Å². The second-order valence-electron chi connectivity index (χ2n) is 3.72. The molecule has 0 bridgehead atoms. The summed E-state index contributed by atoms with van der Waals surface area (Å²) in [6.07, 6.45) is 0. The molecule has 0 unspecified atom stereocenters. The first kappa shape index (κ1) is 10.5. The summed E-state index contributed by atoms with van der Waals surface area (Å²) in [5.41, 5.74) is 0.904. The van der Waals surface area contributed by atoms with E-state index in [1.165, 1.54) is 0 Å². The first-order valence-corrected chi connectivity index (χ1v) is 5.32. The summed E-state index contributed by atoms with van der Waals surface area (Å²) >= 11 is 0. The van der Waals surface area contributed by atoms with Crippen LogP contribution in [0.25, 0.3) is 22.8 Å². The Morgan fingerprint density at radius 2 is 1.67 bits per heavy atom. The fourth-order valence-corrected chi connectivity index (χ4v) is 1.70. The van der Waals surface area contributed by atoms with Crippen molar-refractivity contribution in [2.45, 2.75) is 0 Å². The third-order valence-electron chi connectivity index (χ3n) is 2.52. The summed E-state index contributed by atoms with van der Waals surface area (Å²) in [4.78, 5) is 13.1. The molecule has 2 N–H and O–H groups in total. The molecule has 0 aliphatic rings. The molecule has 0 spiro atoms. The van der Waals surface area contributed by atoms with E-state index in [0.717, 1.165) is 5.56 Å². The van der Waals surface area contributed by atoms with Gasteiger partial charge in [-0.2, -0.15) is 0 Å². The summed E-state index contributed by atoms with van der Waals surface area (Å²) in [6, 6.07) is 12.9. The molecule has 5 heteroatoms. The molecule has 90 valence electrons. The van der Waals surface area contributed by atoms with Crippen LogP contribution in [-0.2, 0) is 0 Å². The number of aromatic nitrogens is 1. The number of furan rings is 1. The molecule has 0 saturated carbocycles. The van der Waals surface area contributed by atoms with E-state index >= 15 is 0 Å². The molecule has 2 aromatic heterocycles. The van der Waals surface area contributed by atoms with Crippen LogP contribution in [0.15, 0.2) is 56.1 Å². The minimum atomic E-state index is -0.722. The molecule has 2 heterocycles. The highest BCUT2D eigenvalue weighted by Gasteiger charge is 2.15. The first-order valence-electron chi connectivity index (χ1n) is 5.32. The van der Waals surface area contributed by atoms with Crippen molar-refractivity contribution in [1.29, 1.82) is 0 Å². The Morgan fingerprint density at radius 3 is 2.33 bits per heavy atom. The monoisotopic (exact) mass is 243 g/mol. The van der Waals surface area contributed by atoms with Gasteiger partial charge in [0.05, 0.1) is 0 Å². The number of benzene rings is 1. The van der Waals surface area contributed by atoms with Gasteiger partial charge in [-0.05, 0) is 12.1 Å².